The summed E-state index contributed by atoms with van der Waals surface area (Å²) in [7, 11) is -1.85. The van der Waals surface area contributed by atoms with Crippen LogP contribution in [0.3, 0.4) is 0 Å². The largest absolute Gasteiger partial charge is 0.496 e. The van der Waals surface area contributed by atoms with Gasteiger partial charge in [-0.05, 0) is 68.2 Å². The molecular weight excluding hydrogens is 286 g/mol. The van der Waals surface area contributed by atoms with Gasteiger partial charge in [0.25, 0.3) is 0 Å². The van der Waals surface area contributed by atoms with Gasteiger partial charge in [-0.2, -0.15) is 0 Å². The van der Waals surface area contributed by atoms with E-state index in [1.165, 1.54) is 19.3 Å². The molecule has 0 heterocycles. The van der Waals surface area contributed by atoms with Crippen molar-refractivity contribution < 1.29 is 13.2 Å². The predicted octanol–water partition coefficient (Wildman–Crippen LogP) is 2.78. The molecule has 1 aromatic rings. The minimum absolute atomic E-state index is 0.121. The average Bonchev–Trinajstić information content (AvgIpc) is 3.03. The molecule has 4 nitrogen and oxygen atoms in total. The monoisotopic (exact) mass is 309 g/mol. The van der Waals surface area contributed by atoms with Crippen molar-refractivity contribution in [1.82, 2.24) is 4.72 Å². The van der Waals surface area contributed by atoms with Gasteiger partial charge in [0.1, 0.15) is 5.75 Å². The fourth-order valence-electron chi connectivity index (χ4n) is 3.94. The highest BCUT2D eigenvalue weighted by molar-refractivity contribution is 7.89. The Morgan fingerprint density at radius 1 is 1.14 bits per heavy atom. The van der Waals surface area contributed by atoms with Gasteiger partial charge in [0, 0.05) is 6.04 Å². The van der Waals surface area contributed by atoms with E-state index < -0.39 is 10.0 Å². The zero-order chi connectivity index (χ0) is 15.2. The molecule has 3 rings (SSSR count). The third-order valence-corrected chi connectivity index (χ3v) is 6.88. The van der Waals surface area contributed by atoms with Crippen LogP contribution < -0.4 is 9.46 Å². The van der Waals surface area contributed by atoms with Gasteiger partial charge in [-0.15, -0.1) is 0 Å². The minimum atomic E-state index is -3.45. The van der Waals surface area contributed by atoms with Crippen molar-refractivity contribution in [3.63, 3.8) is 0 Å². The maximum atomic E-state index is 12.7. The normalized spacial score (nSPS) is 28.0. The predicted molar refractivity (Wildman–Crippen MR) is 82.0 cm³/mol. The molecule has 2 aliphatic rings. The maximum absolute atomic E-state index is 12.7. The van der Waals surface area contributed by atoms with Crippen molar-refractivity contribution in [2.45, 2.75) is 50.5 Å². The van der Waals surface area contributed by atoms with Gasteiger partial charge in [-0.25, -0.2) is 13.1 Å². The number of rotatable bonds is 4. The fourth-order valence-corrected chi connectivity index (χ4v) is 5.55. The SMILES string of the molecule is COc1ccc(S(=O)(=O)N[C@H]2C[C@@H]3CC[C@@H]2C3)c(C)c1C. The van der Waals surface area contributed by atoms with Crippen LogP contribution in [0.1, 0.15) is 36.8 Å². The van der Waals surface area contributed by atoms with Crippen LogP contribution in [0.4, 0.5) is 0 Å². The van der Waals surface area contributed by atoms with Gasteiger partial charge in [0.05, 0.1) is 12.0 Å². The maximum Gasteiger partial charge on any atom is 0.241 e. The minimum Gasteiger partial charge on any atom is -0.496 e. The number of sulfonamides is 1. The lowest BCUT2D eigenvalue weighted by molar-refractivity contribution is 0.390. The van der Waals surface area contributed by atoms with E-state index in [2.05, 4.69) is 4.72 Å². The lowest BCUT2D eigenvalue weighted by Gasteiger charge is -2.23. The van der Waals surface area contributed by atoms with E-state index in [0.717, 1.165) is 29.2 Å². The molecular formula is C16H23NO3S. The second kappa shape index (κ2) is 5.29. The first-order valence-electron chi connectivity index (χ1n) is 7.59. The molecule has 0 aromatic heterocycles. The summed E-state index contributed by atoms with van der Waals surface area (Å²) >= 11 is 0. The van der Waals surface area contributed by atoms with E-state index >= 15 is 0 Å². The van der Waals surface area contributed by atoms with Crippen LogP contribution in [0.15, 0.2) is 17.0 Å². The Bertz CT molecular complexity index is 654. The zero-order valence-electron chi connectivity index (χ0n) is 12.8. The molecule has 0 aliphatic heterocycles. The van der Waals surface area contributed by atoms with Crippen LogP contribution in [0, 0.1) is 25.7 Å². The van der Waals surface area contributed by atoms with Crippen molar-refractivity contribution in [3.05, 3.63) is 23.3 Å². The van der Waals surface area contributed by atoms with Gasteiger partial charge >= 0.3 is 0 Å². The molecule has 116 valence electrons. The number of hydrogen-bond acceptors (Lipinski definition) is 3. The van der Waals surface area contributed by atoms with Gasteiger partial charge in [-0.3, -0.25) is 0 Å². The highest BCUT2D eigenvalue weighted by Crippen LogP contribution is 2.45. The van der Waals surface area contributed by atoms with E-state index in [0.29, 0.717) is 10.8 Å². The lowest BCUT2D eigenvalue weighted by Crippen LogP contribution is -2.38. The highest BCUT2D eigenvalue weighted by Gasteiger charge is 2.41. The van der Waals surface area contributed by atoms with Crippen LogP contribution in [-0.2, 0) is 10.0 Å². The third kappa shape index (κ3) is 2.57. The van der Waals surface area contributed by atoms with E-state index in [9.17, 15) is 8.42 Å². The molecule has 2 aliphatic carbocycles. The van der Waals surface area contributed by atoms with Gasteiger partial charge in [0.2, 0.25) is 10.0 Å². The van der Waals surface area contributed by atoms with E-state index in [1.807, 2.05) is 13.8 Å². The standard InChI is InChI=1S/C16H23NO3S/c1-10-11(2)16(7-6-15(10)20-3)21(18,19)17-14-9-12-4-5-13(14)8-12/h6-7,12-14,17H,4-5,8-9H2,1-3H3/t12-,13-,14+/m1/s1. The van der Waals surface area contributed by atoms with Crippen LogP contribution in [-0.4, -0.2) is 21.6 Å². The van der Waals surface area contributed by atoms with Crippen molar-refractivity contribution in [3.8, 4) is 5.75 Å². The highest BCUT2D eigenvalue weighted by atomic mass is 32.2. The first-order chi connectivity index (χ1) is 9.92. The second-order valence-corrected chi connectivity index (χ2v) is 8.10. The summed E-state index contributed by atoms with van der Waals surface area (Å²) < 4.78 is 33.6. The lowest BCUT2D eigenvalue weighted by atomic mass is 9.96. The number of methoxy groups -OCH3 is 1. The summed E-state index contributed by atoms with van der Waals surface area (Å²) in [6.45, 7) is 3.73. The summed E-state index contributed by atoms with van der Waals surface area (Å²) in [5, 5.41) is 0. The Morgan fingerprint density at radius 2 is 1.90 bits per heavy atom. The third-order valence-electron chi connectivity index (χ3n) is 5.24. The molecule has 2 bridgehead atoms. The van der Waals surface area contributed by atoms with E-state index in [4.69, 9.17) is 4.74 Å². The molecule has 1 N–H and O–H groups in total. The number of ether oxygens (including phenoxy) is 1. The smallest absolute Gasteiger partial charge is 0.241 e. The molecule has 3 atom stereocenters. The summed E-state index contributed by atoms with van der Waals surface area (Å²) in [6.07, 6.45) is 4.62. The molecule has 5 heteroatoms. The topological polar surface area (TPSA) is 55.4 Å². The summed E-state index contributed by atoms with van der Waals surface area (Å²) in [4.78, 5) is 0.378. The van der Waals surface area contributed by atoms with Crippen molar-refractivity contribution >= 4 is 10.0 Å². The average molecular weight is 309 g/mol. The Morgan fingerprint density at radius 3 is 2.48 bits per heavy atom. The van der Waals surface area contributed by atoms with Crippen LogP contribution in [0.25, 0.3) is 0 Å². The molecule has 2 fully saturated rings. The van der Waals surface area contributed by atoms with Crippen LogP contribution in [0.5, 0.6) is 5.75 Å². The molecule has 0 amide bonds. The zero-order valence-corrected chi connectivity index (χ0v) is 13.7. The Labute approximate surface area is 126 Å². The number of benzene rings is 1. The molecule has 1 aromatic carbocycles. The molecule has 0 unspecified atom stereocenters. The van der Waals surface area contributed by atoms with E-state index in [-0.39, 0.29) is 6.04 Å². The number of hydrogen-bond donors (Lipinski definition) is 1. The van der Waals surface area contributed by atoms with Crippen LogP contribution >= 0.6 is 0 Å². The van der Waals surface area contributed by atoms with Crippen molar-refractivity contribution in [2.75, 3.05) is 7.11 Å². The molecule has 0 radical (unpaired) electrons. The van der Waals surface area contributed by atoms with E-state index in [1.54, 1.807) is 19.2 Å². The second-order valence-electron chi connectivity index (χ2n) is 6.42. The quantitative estimate of drug-likeness (QED) is 0.930. The first kappa shape index (κ1) is 14.9. The van der Waals surface area contributed by atoms with Crippen LogP contribution in [0.2, 0.25) is 0 Å². The van der Waals surface area contributed by atoms with Gasteiger partial charge < -0.3 is 4.74 Å². The Hall–Kier alpha value is -1.07. The summed E-state index contributed by atoms with van der Waals surface area (Å²) in [6, 6.07) is 3.50. The number of fused-ring (bicyclic) bond motifs is 2. The van der Waals surface area contributed by atoms with Crippen molar-refractivity contribution in [2.24, 2.45) is 11.8 Å². The summed E-state index contributed by atoms with van der Waals surface area (Å²) in [5.74, 6) is 1.98. The first-order valence-corrected chi connectivity index (χ1v) is 9.07. The molecule has 0 spiro atoms. The Balaban J connectivity index is 1.87. The molecule has 0 saturated heterocycles. The molecule has 2 saturated carbocycles. The van der Waals surface area contributed by atoms with Crippen molar-refractivity contribution in [1.29, 1.82) is 0 Å². The summed E-state index contributed by atoms with van der Waals surface area (Å²) in [5.41, 5.74) is 1.65. The fraction of sp³-hybridized carbons (Fsp3) is 0.625. The van der Waals surface area contributed by atoms with Gasteiger partial charge in [0.15, 0.2) is 0 Å². The number of nitrogens with one attached hydrogen (secondary N) is 1. The molecule has 21 heavy (non-hydrogen) atoms. The van der Waals surface area contributed by atoms with Gasteiger partial charge in [-0.1, -0.05) is 6.42 Å². The Kier molecular flexibility index (Phi) is 3.74.